The number of pyridine rings is 1. The molecule has 0 aliphatic carbocycles. The van der Waals surface area contributed by atoms with Gasteiger partial charge < -0.3 is 14.8 Å². The smallest absolute Gasteiger partial charge is 0.352 e. The van der Waals surface area contributed by atoms with Crippen molar-refractivity contribution in [2.45, 2.75) is 19.0 Å². The van der Waals surface area contributed by atoms with Crippen molar-refractivity contribution in [3.63, 3.8) is 0 Å². The second-order valence-corrected chi connectivity index (χ2v) is 7.36. The molecule has 2 aromatic rings. The van der Waals surface area contributed by atoms with Crippen molar-refractivity contribution in [3.05, 3.63) is 69.6 Å². The van der Waals surface area contributed by atoms with E-state index in [0.29, 0.717) is 32.5 Å². The van der Waals surface area contributed by atoms with E-state index in [1.54, 1.807) is 24.2 Å². The molecule has 0 atom stereocenters. The lowest BCUT2D eigenvalue weighted by Crippen LogP contribution is -2.43. The Morgan fingerprint density at radius 3 is 2.50 bits per heavy atom. The number of likely N-dealkylation sites (tertiary alicyclic amines) is 1. The molecule has 30 heavy (non-hydrogen) atoms. The van der Waals surface area contributed by atoms with E-state index in [0.717, 1.165) is 12.1 Å². The van der Waals surface area contributed by atoms with Crippen LogP contribution in [0.2, 0.25) is 0 Å². The molecular weight excluding hydrogens is 399 g/mol. The van der Waals surface area contributed by atoms with Gasteiger partial charge in [0, 0.05) is 38.4 Å². The van der Waals surface area contributed by atoms with Gasteiger partial charge in [0.05, 0.1) is 5.56 Å². The van der Waals surface area contributed by atoms with Crippen molar-refractivity contribution in [3.8, 4) is 0 Å². The molecule has 1 aromatic heterocycles. The van der Waals surface area contributed by atoms with Crippen LogP contribution in [0.1, 0.15) is 39.1 Å². The monoisotopic (exact) mass is 421 g/mol. The van der Waals surface area contributed by atoms with Crippen LogP contribution in [0, 0.1) is 5.92 Å². The third kappa shape index (κ3) is 4.90. The van der Waals surface area contributed by atoms with Crippen molar-refractivity contribution in [2.24, 2.45) is 13.0 Å². The van der Waals surface area contributed by atoms with E-state index in [-0.39, 0.29) is 28.5 Å². The number of hydrogen-bond acceptors (Lipinski definition) is 3. The van der Waals surface area contributed by atoms with Crippen molar-refractivity contribution in [1.82, 2.24) is 14.8 Å². The van der Waals surface area contributed by atoms with Gasteiger partial charge in [-0.15, -0.1) is 0 Å². The molecule has 6 nitrogen and oxygen atoms in total. The summed E-state index contributed by atoms with van der Waals surface area (Å²) >= 11 is 0. The van der Waals surface area contributed by atoms with Gasteiger partial charge >= 0.3 is 6.18 Å². The van der Waals surface area contributed by atoms with E-state index in [9.17, 15) is 27.6 Å². The maximum atomic E-state index is 12.8. The predicted octanol–water partition coefficient (Wildman–Crippen LogP) is 2.69. The summed E-state index contributed by atoms with van der Waals surface area (Å²) in [5, 5.41) is 2.68. The first-order chi connectivity index (χ1) is 14.2. The van der Waals surface area contributed by atoms with Crippen LogP contribution in [0.5, 0.6) is 0 Å². The molecule has 1 N–H and O–H groups in total. The van der Waals surface area contributed by atoms with Crippen LogP contribution in [-0.4, -0.2) is 40.9 Å². The molecule has 0 unspecified atom stereocenters. The van der Waals surface area contributed by atoms with Gasteiger partial charge in [0.2, 0.25) is 0 Å². The molecule has 0 radical (unpaired) electrons. The highest BCUT2D eigenvalue weighted by Gasteiger charge is 2.31. The predicted molar refractivity (Wildman–Crippen MR) is 104 cm³/mol. The fraction of sp³-hybridized carbons (Fsp3) is 0.381. The highest BCUT2D eigenvalue weighted by molar-refractivity contribution is 5.94. The molecule has 2 heterocycles. The molecular formula is C21H22F3N3O3. The van der Waals surface area contributed by atoms with E-state index in [1.165, 1.54) is 22.8 Å². The van der Waals surface area contributed by atoms with Gasteiger partial charge in [-0.05, 0) is 49.1 Å². The van der Waals surface area contributed by atoms with Gasteiger partial charge in [0.25, 0.3) is 17.4 Å². The number of aromatic nitrogens is 1. The Balaban J connectivity index is 1.53. The summed E-state index contributed by atoms with van der Waals surface area (Å²) in [5.74, 6) is -0.780. The molecule has 1 aromatic carbocycles. The number of aryl methyl sites for hydroxylation is 1. The quantitative estimate of drug-likeness (QED) is 0.825. The minimum atomic E-state index is -4.50. The van der Waals surface area contributed by atoms with Crippen LogP contribution in [-0.2, 0) is 13.2 Å². The molecule has 1 aliphatic rings. The minimum absolute atomic E-state index is 0.0441. The zero-order chi connectivity index (χ0) is 21.9. The van der Waals surface area contributed by atoms with Crippen molar-refractivity contribution in [1.29, 1.82) is 0 Å². The van der Waals surface area contributed by atoms with Gasteiger partial charge in [-0.1, -0.05) is 6.07 Å². The van der Waals surface area contributed by atoms with Crippen molar-refractivity contribution < 1.29 is 22.8 Å². The zero-order valence-corrected chi connectivity index (χ0v) is 16.4. The largest absolute Gasteiger partial charge is 0.416 e. The number of halogens is 3. The molecule has 9 heteroatoms. The van der Waals surface area contributed by atoms with Crippen LogP contribution < -0.4 is 10.9 Å². The summed E-state index contributed by atoms with van der Waals surface area (Å²) in [4.78, 5) is 38.5. The third-order valence-electron chi connectivity index (χ3n) is 5.26. The Hall–Kier alpha value is -3.10. The summed E-state index contributed by atoms with van der Waals surface area (Å²) < 4.78 is 39.7. The SMILES string of the molecule is Cn1cccc(C(=O)N2CCC(CNC(=O)c3cccc(C(F)(F)F)c3)CC2)c1=O. The van der Waals surface area contributed by atoms with E-state index in [1.807, 2.05) is 0 Å². The van der Waals surface area contributed by atoms with Crippen LogP contribution in [0.25, 0.3) is 0 Å². The number of alkyl halides is 3. The van der Waals surface area contributed by atoms with Crippen LogP contribution >= 0.6 is 0 Å². The Labute approximate surface area is 171 Å². The van der Waals surface area contributed by atoms with Crippen molar-refractivity contribution >= 4 is 11.8 Å². The number of amides is 2. The summed E-state index contributed by atoms with van der Waals surface area (Å²) in [6.45, 7) is 1.20. The standard InChI is InChI=1S/C21H22F3N3O3/c1-26-9-3-6-17(19(26)29)20(30)27-10-7-14(8-11-27)13-25-18(28)15-4-2-5-16(12-15)21(22,23)24/h2-6,9,12,14H,7-8,10-11,13H2,1H3,(H,25,28). The minimum Gasteiger partial charge on any atom is -0.352 e. The summed E-state index contributed by atoms with van der Waals surface area (Å²) in [5.41, 5.74) is -1.14. The first-order valence-electron chi connectivity index (χ1n) is 9.57. The van der Waals surface area contributed by atoms with Gasteiger partial charge in [-0.3, -0.25) is 14.4 Å². The number of nitrogens with one attached hydrogen (secondary N) is 1. The fourth-order valence-electron chi connectivity index (χ4n) is 3.45. The molecule has 1 saturated heterocycles. The highest BCUT2D eigenvalue weighted by Crippen LogP contribution is 2.29. The first kappa shape index (κ1) is 21.6. The topological polar surface area (TPSA) is 71.4 Å². The second-order valence-electron chi connectivity index (χ2n) is 7.36. The van der Waals surface area contributed by atoms with E-state index in [2.05, 4.69) is 5.32 Å². The number of nitrogens with zero attached hydrogens (tertiary/aromatic N) is 2. The molecule has 3 rings (SSSR count). The number of piperidine rings is 1. The van der Waals surface area contributed by atoms with E-state index in [4.69, 9.17) is 0 Å². The maximum absolute atomic E-state index is 12.8. The molecule has 1 fully saturated rings. The summed E-state index contributed by atoms with van der Waals surface area (Å²) in [6, 6.07) is 7.44. The lowest BCUT2D eigenvalue weighted by molar-refractivity contribution is -0.137. The highest BCUT2D eigenvalue weighted by atomic mass is 19.4. The fourth-order valence-corrected chi connectivity index (χ4v) is 3.45. The molecule has 0 bridgehead atoms. The summed E-state index contributed by atoms with van der Waals surface area (Å²) in [7, 11) is 1.58. The second kappa shape index (κ2) is 8.73. The van der Waals surface area contributed by atoms with E-state index >= 15 is 0 Å². The van der Waals surface area contributed by atoms with E-state index < -0.39 is 17.6 Å². The maximum Gasteiger partial charge on any atom is 0.416 e. The van der Waals surface area contributed by atoms with Gasteiger partial charge in [-0.25, -0.2) is 0 Å². The number of hydrogen-bond donors (Lipinski definition) is 1. The Morgan fingerprint density at radius 2 is 1.83 bits per heavy atom. The average Bonchev–Trinajstić information content (AvgIpc) is 2.73. The average molecular weight is 421 g/mol. The third-order valence-corrected chi connectivity index (χ3v) is 5.26. The summed E-state index contributed by atoms with van der Waals surface area (Å²) in [6.07, 6.45) is -1.67. The Bertz CT molecular complexity index is 993. The van der Waals surface area contributed by atoms with Gasteiger partial charge in [0.1, 0.15) is 5.56 Å². The lowest BCUT2D eigenvalue weighted by Gasteiger charge is -2.32. The molecule has 1 aliphatic heterocycles. The molecule has 2 amide bonds. The lowest BCUT2D eigenvalue weighted by atomic mass is 9.96. The van der Waals surface area contributed by atoms with Crippen LogP contribution in [0.4, 0.5) is 13.2 Å². The van der Waals surface area contributed by atoms with Crippen LogP contribution in [0.3, 0.4) is 0 Å². The molecule has 160 valence electrons. The van der Waals surface area contributed by atoms with Gasteiger partial charge in [-0.2, -0.15) is 13.2 Å². The number of benzene rings is 1. The molecule has 0 saturated carbocycles. The first-order valence-corrected chi connectivity index (χ1v) is 9.57. The number of carbonyl (C=O) groups excluding carboxylic acids is 2. The van der Waals surface area contributed by atoms with Crippen molar-refractivity contribution in [2.75, 3.05) is 19.6 Å². The number of carbonyl (C=O) groups is 2. The molecule has 0 spiro atoms. The Morgan fingerprint density at radius 1 is 1.13 bits per heavy atom. The Kier molecular flexibility index (Phi) is 6.28. The zero-order valence-electron chi connectivity index (χ0n) is 16.4. The normalized spacial score (nSPS) is 15.1. The van der Waals surface area contributed by atoms with Crippen LogP contribution in [0.15, 0.2) is 47.4 Å². The number of rotatable bonds is 4. The van der Waals surface area contributed by atoms with Gasteiger partial charge in [0.15, 0.2) is 0 Å².